The zero-order valence-electron chi connectivity index (χ0n) is 11.9. The van der Waals surface area contributed by atoms with E-state index in [-0.39, 0.29) is 0 Å². The quantitative estimate of drug-likeness (QED) is 0.485. The summed E-state index contributed by atoms with van der Waals surface area (Å²) < 4.78 is 1.49. The second kappa shape index (κ2) is 4.75. The summed E-state index contributed by atoms with van der Waals surface area (Å²) in [7, 11) is 0. The van der Waals surface area contributed by atoms with E-state index in [2.05, 4.69) is 50.1 Å². The molecule has 0 fully saturated rings. The third kappa shape index (κ3) is 2.16. The fourth-order valence-corrected chi connectivity index (χ4v) is 5.82. The van der Waals surface area contributed by atoms with Gasteiger partial charge in [0.2, 0.25) is 0 Å². The van der Waals surface area contributed by atoms with Crippen molar-refractivity contribution in [2.24, 2.45) is 0 Å². The van der Waals surface area contributed by atoms with E-state index in [1.54, 1.807) is 0 Å². The molecule has 0 saturated heterocycles. The third-order valence-electron chi connectivity index (χ3n) is 3.67. The molecule has 0 unspecified atom stereocenters. The van der Waals surface area contributed by atoms with E-state index < -0.39 is 18.4 Å². The molecule has 0 bridgehead atoms. The molecule has 3 aromatic rings. The molecular weight excluding hydrogens is 351 g/mol. The average Bonchev–Trinajstić information content (AvgIpc) is 2.45. The molecule has 1 aromatic heterocycles. The van der Waals surface area contributed by atoms with Crippen LogP contribution in [0, 0.1) is 11.3 Å². The van der Waals surface area contributed by atoms with Crippen molar-refractivity contribution in [3.63, 3.8) is 0 Å². The van der Waals surface area contributed by atoms with E-state index in [0.29, 0.717) is 5.69 Å². The van der Waals surface area contributed by atoms with Gasteiger partial charge in [0.15, 0.2) is 0 Å². The van der Waals surface area contributed by atoms with Gasteiger partial charge in [-0.3, -0.25) is 0 Å². The predicted molar refractivity (Wildman–Crippen MR) is 86.9 cm³/mol. The van der Waals surface area contributed by atoms with Gasteiger partial charge in [-0.15, -0.1) is 0 Å². The van der Waals surface area contributed by atoms with Crippen molar-refractivity contribution < 1.29 is 0 Å². The Hall–Kier alpha value is -1.60. The molecule has 1 heterocycles. The molecule has 0 spiro atoms. The summed E-state index contributed by atoms with van der Waals surface area (Å²) >= 11 is -2.10. The summed E-state index contributed by atoms with van der Waals surface area (Å²) in [5.74, 6) is 0. The number of benzene rings is 2. The van der Waals surface area contributed by atoms with E-state index >= 15 is 0 Å². The molecule has 0 saturated carbocycles. The number of hydrogen-bond donors (Lipinski definition) is 0. The minimum atomic E-state index is -2.10. The zero-order chi connectivity index (χ0) is 14.3. The van der Waals surface area contributed by atoms with Crippen molar-refractivity contribution in [2.45, 2.75) is 14.8 Å². The average molecular weight is 367 g/mol. The second-order valence-electron chi connectivity index (χ2n) is 6.10. The molecule has 0 aliphatic carbocycles. The Balaban J connectivity index is 2.47. The second-order valence-corrected chi connectivity index (χ2v) is 20.6. The van der Waals surface area contributed by atoms with Crippen LogP contribution >= 0.6 is 0 Å². The van der Waals surface area contributed by atoms with Gasteiger partial charge in [-0.2, -0.15) is 0 Å². The molecular formula is C17H16N2Sn. The molecule has 0 aliphatic heterocycles. The summed E-state index contributed by atoms with van der Waals surface area (Å²) in [6.45, 7) is 0. The number of fused-ring (bicyclic) bond motifs is 3. The first kappa shape index (κ1) is 13.4. The molecule has 0 aliphatic rings. The fourth-order valence-electron chi connectivity index (χ4n) is 2.51. The van der Waals surface area contributed by atoms with Crippen molar-refractivity contribution in [1.29, 1.82) is 5.26 Å². The van der Waals surface area contributed by atoms with Gasteiger partial charge in [-0.05, 0) is 0 Å². The number of aromatic nitrogens is 1. The topological polar surface area (TPSA) is 36.7 Å². The first-order chi connectivity index (χ1) is 9.50. The summed E-state index contributed by atoms with van der Waals surface area (Å²) in [6.07, 6.45) is 0. The standard InChI is InChI=1S/C14H7N2.3CH3.Sn/c15-9-14-12-7-2-1-5-10(12)11-6-3-4-8-13(11)16-14;;;;/h1-2,4-8H;3*1H3;. The van der Waals surface area contributed by atoms with Crippen molar-refractivity contribution >= 4 is 43.6 Å². The van der Waals surface area contributed by atoms with Crippen LogP contribution < -0.4 is 3.58 Å². The molecule has 0 radical (unpaired) electrons. The van der Waals surface area contributed by atoms with Gasteiger partial charge in [0.25, 0.3) is 0 Å². The van der Waals surface area contributed by atoms with Crippen LogP contribution in [-0.4, -0.2) is 23.4 Å². The maximum atomic E-state index is 9.28. The molecule has 2 aromatic carbocycles. The molecule has 3 rings (SSSR count). The SMILES string of the molecule is [CH3][Sn]([CH3])([CH3])[c]1ccc2nc(C#N)c3ccccc3c2c1. The Morgan fingerprint density at radius 2 is 1.65 bits per heavy atom. The molecule has 20 heavy (non-hydrogen) atoms. The van der Waals surface area contributed by atoms with E-state index in [1.165, 1.54) is 8.97 Å². The van der Waals surface area contributed by atoms with Crippen LogP contribution in [-0.2, 0) is 0 Å². The van der Waals surface area contributed by atoms with Crippen LogP contribution in [0.5, 0.6) is 0 Å². The minimum absolute atomic E-state index is 0.514. The van der Waals surface area contributed by atoms with Crippen molar-refractivity contribution in [3.05, 3.63) is 48.2 Å². The van der Waals surface area contributed by atoms with E-state index in [1.807, 2.05) is 18.2 Å². The first-order valence-corrected chi connectivity index (χ1v) is 16.7. The fraction of sp³-hybridized carbons (Fsp3) is 0.176. The Morgan fingerprint density at radius 1 is 0.950 bits per heavy atom. The van der Waals surface area contributed by atoms with Crippen molar-refractivity contribution in [1.82, 2.24) is 4.98 Å². The van der Waals surface area contributed by atoms with Crippen LogP contribution in [0.2, 0.25) is 14.8 Å². The van der Waals surface area contributed by atoms with Crippen LogP contribution in [0.25, 0.3) is 21.7 Å². The molecule has 0 N–H and O–H groups in total. The number of rotatable bonds is 1. The van der Waals surface area contributed by atoms with Gasteiger partial charge in [-0.1, -0.05) is 0 Å². The van der Waals surface area contributed by atoms with Gasteiger partial charge >= 0.3 is 123 Å². The van der Waals surface area contributed by atoms with Gasteiger partial charge < -0.3 is 0 Å². The molecule has 98 valence electrons. The molecule has 0 atom stereocenters. The molecule has 0 amide bonds. The number of nitriles is 1. The van der Waals surface area contributed by atoms with Gasteiger partial charge in [0.1, 0.15) is 0 Å². The summed E-state index contributed by atoms with van der Waals surface area (Å²) in [5, 5.41) is 12.5. The van der Waals surface area contributed by atoms with Crippen LogP contribution in [0.4, 0.5) is 0 Å². The number of pyridine rings is 1. The van der Waals surface area contributed by atoms with Crippen molar-refractivity contribution in [2.75, 3.05) is 0 Å². The molecule has 2 nitrogen and oxygen atoms in total. The van der Waals surface area contributed by atoms with Crippen LogP contribution in [0.15, 0.2) is 42.5 Å². The first-order valence-electron chi connectivity index (χ1n) is 6.74. The Bertz CT molecular complexity index is 854. The van der Waals surface area contributed by atoms with E-state index in [4.69, 9.17) is 0 Å². The zero-order valence-corrected chi connectivity index (χ0v) is 14.8. The predicted octanol–water partition coefficient (Wildman–Crippen LogP) is 3.80. The maximum absolute atomic E-state index is 9.28. The third-order valence-corrected chi connectivity index (χ3v) is 9.50. The van der Waals surface area contributed by atoms with Gasteiger partial charge in [0, 0.05) is 0 Å². The van der Waals surface area contributed by atoms with Gasteiger partial charge in [-0.25, -0.2) is 0 Å². The Morgan fingerprint density at radius 3 is 2.30 bits per heavy atom. The Labute approximate surface area is 122 Å². The van der Waals surface area contributed by atoms with Crippen LogP contribution in [0.1, 0.15) is 5.69 Å². The van der Waals surface area contributed by atoms with Gasteiger partial charge in [0.05, 0.1) is 0 Å². The number of nitrogens with zero attached hydrogens (tertiary/aromatic N) is 2. The Kier molecular flexibility index (Phi) is 3.18. The van der Waals surface area contributed by atoms with E-state index in [9.17, 15) is 5.26 Å². The number of hydrogen-bond acceptors (Lipinski definition) is 2. The normalized spacial score (nSPS) is 11.7. The molecule has 3 heteroatoms. The summed E-state index contributed by atoms with van der Waals surface area (Å²) in [6, 6.07) is 16.8. The monoisotopic (exact) mass is 368 g/mol. The summed E-state index contributed by atoms with van der Waals surface area (Å²) in [4.78, 5) is 11.7. The van der Waals surface area contributed by atoms with Crippen LogP contribution in [0.3, 0.4) is 0 Å². The van der Waals surface area contributed by atoms with E-state index in [0.717, 1.165) is 16.3 Å². The van der Waals surface area contributed by atoms with Crippen molar-refractivity contribution in [3.8, 4) is 6.07 Å². The summed E-state index contributed by atoms with van der Waals surface area (Å²) in [5.41, 5.74) is 1.43.